The highest BCUT2D eigenvalue weighted by Gasteiger charge is 2.16. The lowest BCUT2D eigenvalue weighted by Crippen LogP contribution is -2.23. The topological polar surface area (TPSA) is 60.6 Å². The molecule has 194 valence electrons. The van der Waals surface area contributed by atoms with E-state index < -0.39 is 0 Å². The Balaban J connectivity index is 1.52. The quantitative estimate of drug-likeness (QED) is 0.277. The van der Waals surface area contributed by atoms with Crippen molar-refractivity contribution in [3.05, 3.63) is 105 Å². The van der Waals surface area contributed by atoms with E-state index in [4.69, 9.17) is 5.10 Å². The molecule has 1 fully saturated rings. The van der Waals surface area contributed by atoms with Crippen molar-refractivity contribution in [2.24, 2.45) is 0 Å². The van der Waals surface area contributed by atoms with E-state index in [2.05, 4.69) is 92.8 Å². The van der Waals surface area contributed by atoms with E-state index in [0.29, 0.717) is 0 Å². The molecule has 5 rings (SSSR count). The second kappa shape index (κ2) is 11.8. The maximum atomic E-state index is 4.72. The summed E-state index contributed by atoms with van der Waals surface area (Å²) in [5.74, 6) is 0. The molecule has 0 spiro atoms. The smallest absolute Gasteiger partial charge is 0.116 e. The molecule has 1 aliphatic heterocycles. The van der Waals surface area contributed by atoms with Crippen molar-refractivity contribution in [3.8, 4) is 11.4 Å². The molecule has 1 aliphatic rings. The average Bonchev–Trinajstić information content (AvgIpc) is 3.73. The SMILES string of the molecule is C=C(/C=c1/c(-c2cc(/C(=C\C=C/C)c3ccsc3)c(C)[nH]2)n[nH]/c1=C/C)c1cncc(CN2CCCC2)c1. The molecule has 5 nitrogen and oxygen atoms in total. The molecule has 2 N–H and O–H groups in total. The number of allylic oxidation sites excluding steroid dienone is 4. The molecule has 0 radical (unpaired) electrons. The first-order valence-corrected chi connectivity index (χ1v) is 14.2. The van der Waals surface area contributed by atoms with Crippen LogP contribution in [0.5, 0.6) is 0 Å². The van der Waals surface area contributed by atoms with Crippen molar-refractivity contribution in [2.45, 2.75) is 40.2 Å². The van der Waals surface area contributed by atoms with Crippen molar-refractivity contribution in [3.63, 3.8) is 0 Å². The van der Waals surface area contributed by atoms with Crippen LogP contribution in [0.4, 0.5) is 0 Å². The second-order valence-electron chi connectivity index (χ2n) is 9.76. The van der Waals surface area contributed by atoms with Crippen molar-refractivity contribution < 1.29 is 0 Å². The van der Waals surface area contributed by atoms with Gasteiger partial charge in [-0.1, -0.05) is 30.9 Å². The third kappa shape index (κ3) is 5.57. The van der Waals surface area contributed by atoms with Gasteiger partial charge >= 0.3 is 0 Å². The molecular formula is C32H35N5S. The van der Waals surface area contributed by atoms with E-state index in [-0.39, 0.29) is 0 Å². The third-order valence-electron chi connectivity index (χ3n) is 7.06. The molecule has 0 aliphatic carbocycles. The van der Waals surface area contributed by atoms with Crippen LogP contribution in [0.25, 0.3) is 34.7 Å². The summed E-state index contributed by atoms with van der Waals surface area (Å²) in [6, 6.07) is 6.59. The fraction of sp³-hybridized carbons (Fsp3) is 0.250. The Morgan fingerprint density at radius 3 is 2.74 bits per heavy atom. The van der Waals surface area contributed by atoms with E-state index in [0.717, 1.165) is 45.3 Å². The van der Waals surface area contributed by atoms with Gasteiger partial charge in [0, 0.05) is 35.4 Å². The Hall–Kier alpha value is -3.74. The highest BCUT2D eigenvalue weighted by atomic mass is 32.1. The Labute approximate surface area is 228 Å². The normalized spacial score (nSPS) is 15.8. The predicted octanol–water partition coefficient (Wildman–Crippen LogP) is 6.07. The van der Waals surface area contributed by atoms with Gasteiger partial charge in [-0.2, -0.15) is 16.4 Å². The molecule has 1 saturated heterocycles. The molecule has 4 aromatic heterocycles. The number of pyridine rings is 1. The fourth-order valence-corrected chi connectivity index (χ4v) is 5.71. The summed E-state index contributed by atoms with van der Waals surface area (Å²) in [6.45, 7) is 13.9. The Bertz CT molecular complexity index is 1590. The molecule has 5 heterocycles. The number of aromatic nitrogens is 4. The van der Waals surface area contributed by atoms with Crippen LogP contribution >= 0.6 is 11.3 Å². The second-order valence-corrected chi connectivity index (χ2v) is 10.5. The van der Waals surface area contributed by atoms with Crippen LogP contribution in [0.3, 0.4) is 0 Å². The average molecular weight is 522 g/mol. The number of nitrogens with zero attached hydrogens (tertiary/aromatic N) is 3. The Kier molecular flexibility index (Phi) is 8.01. The van der Waals surface area contributed by atoms with Gasteiger partial charge in [-0.15, -0.1) is 0 Å². The summed E-state index contributed by atoms with van der Waals surface area (Å²) in [5.41, 5.74) is 9.72. The molecule has 0 aromatic carbocycles. The summed E-state index contributed by atoms with van der Waals surface area (Å²) in [6.07, 6.45) is 16.9. The van der Waals surface area contributed by atoms with Gasteiger partial charge in [0.05, 0.1) is 11.0 Å². The largest absolute Gasteiger partial charge is 0.357 e. The number of thiophene rings is 1. The van der Waals surface area contributed by atoms with Crippen LogP contribution in [0.1, 0.15) is 54.6 Å². The fourth-order valence-electron chi connectivity index (χ4n) is 5.06. The lowest BCUT2D eigenvalue weighted by atomic mass is 9.99. The number of likely N-dealkylation sites (tertiary alicyclic amines) is 1. The van der Waals surface area contributed by atoms with Crippen molar-refractivity contribution in [2.75, 3.05) is 13.1 Å². The zero-order valence-electron chi connectivity index (χ0n) is 22.4. The number of aryl methyl sites for hydroxylation is 1. The number of hydrogen-bond donors (Lipinski definition) is 2. The first-order valence-electron chi connectivity index (χ1n) is 13.2. The molecule has 0 saturated carbocycles. The van der Waals surface area contributed by atoms with Crippen LogP contribution in [-0.4, -0.2) is 38.2 Å². The van der Waals surface area contributed by atoms with Crippen molar-refractivity contribution in [1.29, 1.82) is 0 Å². The van der Waals surface area contributed by atoms with Gasteiger partial charge in [-0.25, -0.2) is 0 Å². The summed E-state index contributed by atoms with van der Waals surface area (Å²) in [7, 11) is 0. The lowest BCUT2D eigenvalue weighted by Gasteiger charge is -2.14. The van der Waals surface area contributed by atoms with Crippen LogP contribution in [0.15, 0.2) is 66.2 Å². The lowest BCUT2D eigenvalue weighted by molar-refractivity contribution is 0.331. The van der Waals surface area contributed by atoms with E-state index >= 15 is 0 Å². The van der Waals surface area contributed by atoms with E-state index in [1.165, 1.54) is 48.2 Å². The van der Waals surface area contributed by atoms with Crippen LogP contribution < -0.4 is 10.6 Å². The molecule has 38 heavy (non-hydrogen) atoms. The Morgan fingerprint density at radius 2 is 2.00 bits per heavy atom. The first-order chi connectivity index (χ1) is 18.6. The van der Waals surface area contributed by atoms with Gasteiger partial charge in [-0.3, -0.25) is 15.0 Å². The van der Waals surface area contributed by atoms with Gasteiger partial charge in [0.1, 0.15) is 5.69 Å². The van der Waals surface area contributed by atoms with Crippen LogP contribution in [0, 0.1) is 6.92 Å². The highest BCUT2D eigenvalue weighted by Crippen LogP contribution is 2.30. The molecule has 4 aromatic rings. The predicted molar refractivity (Wildman–Crippen MR) is 161 cm³/mol. The van der Waals surface area contributed by atoms with Crippen molar-refractivity contribution >= 4 is 34.6 Å². The van der Waals surface area contributed by atoms with Crippen molar-refractivity contribution in [1.82, 2.24) is 25.1 Å². The maximum Gasteiger partial charge on any atom is 0.116 e. The molecule has 6 heteroatoms. The minimum absolute atomic E-state index is 0.880. The summed E-state index contributed by atoms with van der Waals surface area (Å²) < 4.78 is 0. The number of nitrogens with one attached hydrogen (secondary N) is 2. The zero-order chi connectivity index (χ0) is 26.5. The monoisotopic (exact) mass is 521 g/mol. The number of hydrogen-bond acceptors (Lipinski definition) is 4. The standard InChI is InChI=1S/C32H35N5S/c1-5-7-10-27(25-11-14-38-21-25)28-17-31(34-23(28)4)32-29(30(6-2)35-36-32)15-22(3)26-16-24(18-33-19-26)20-37-12-8-9-13-37/h5-7,10-11,14-19,21,34-35H,3,8-9,12-13,20H2,1-2,4H3/b7-5-,27-10-,29-15+,30-6+. The van der Waals surface area contributed by atoms with E-state index in [1.807, 2.05) is 26.2 Å². The Morgan fingerprint density at radius 1 is 1.16 bits per heavy atom. The van der Waals surface area contributed by atoms with Gasteiger partial charge < -0.3 is 4.98 Å². The van der Waals surface area contributed by atoms with Gasteiger partial charge in [-0.05, 0) is 110 Å². The molecular weight excluding hydrogens is 486 g/mol. The number of H-pyrrole nitrogens is 2. The molecule has 0 unspecified atom stereocenters. The highest BCUT2D eigenvalue weighted by molar-refractivity contribution is 7.08. The van der Waals surface area contributed by atoms with Gasteiger partial charge in [0.25, 0.3) is 0 Å². The number of aromatic amines is 2. The van der Waals surface area contributed by atoms with E-state index in [1.54, 1.807) is 11.3 Å². The first kappa shape index (κ1) is 25.9. The van der Waals surface area contributed by atoms with Crippen LogP contribution in [-0.2, 0) is 6.54 Å². The van der Waals surface area contributed by atoms with E-state index in [9.17, 15) is 0 Å². The maximum absolute atomic E-state index is 4.72. The number of rotatable bonds is 8. The summed E-state index contributed by atoms with van der Waals surface area (Å²) in [4.78, 5) is 10.6. The van der Waals surface area contributed by atoms with Crippen LogP contribution in [0.2, 0.25) is 0 Å². The minimum Gasteiger partial charge on any atom is -0.357 e. The van der Waals surface area contributed by atoms with Gasteiger partial charge in [0.2, 0.25) is 0 Å². The molecule has 0 bridgehead atoms. The zero-order valence-corrected chi connectivity index (χ0v) is 23.2. The minimum atomic E-state index is 0.880. The van der Waals surface area contributed by atoms with Gasteiger partial charge in [0.15, 0.2) is 0 Å². The third-order valence-corrected chi connectivity index (χ3v) is 7.74. The summed E-state index contributed by atoms with van der Waals surface area (Å²) >= 11 is 1.71. The molecule has 0 atom stereocenters. The summed E-state index contributed by atoms with van der Waals surface area (Å²) in [5, 5.41) is 14.2. The molecule has 0 amide bonds.